The molecule has 2 aromatic rings. The van der Waals surface area contributed by atoms with Crippen molar-refractivity contribution in [3.05, 3.63) is 52.6 Å². The summed E-state index contributed by atoms with van der Waals surface area (Å²) in [5, 5.41) is 12.0. The van der Waals surface area contributed by atoms with E-state index in [2.05, 4.69) is 15.2 Å². The molecule has 0 bridgehead atoms. The van der Waals surface area contributed by atoms with Crippen LogP contribution in [0.2, 0.25) is 0 Å². The molecule has 3 amide bonds. The van der Waals surface area contributed by atoms with Gasteiger partial charge in [-0.15, -0.1) is 0 Å². The minimum atomic E-state index is -1.35. The van der Waals surface area contributed by atoms with Crippen LogP contribution in [0.5, 0.6) is 0 Å². The molecule has 5 rings (SSSR count). The zero-order chi connectivity index (χ0) is 27.0. The number of likely N-dealkylation sites (tertiary alicyclic amines) is 1. The predicted molar refractivity (Wildman–Crippen MR) is 142 cm³/mol. The Morgan fingerprint density at radius 3 is 2.32 bits per heavy atom. The topological polar surface area (TPSA) is 163 Å². The second-order valence-electron chi connectivity index (χ2n) is 10.8. The number of carbonyl (C=O) groups excluding carboxylic acids is 2. The van der Waals surface area contributed by atoms with Gasteiger partial charge in [-0.2, -0.15) is 4.98 Å². The van der Waals surface area contributed by atoms with Crippen LogP contribution >= 0.6 is 0 Å². The van der Waals surface area contributed by atoms with Crippen LogP contribution < -0.4 is 22.5 Å². The number of aromatic nitrogens is 2. The van der Waals surface area contributed by atoms with E-state index in [1.807, 2.05) is 24.3 Å². The number of urea groups is 1. The van der Waals surface area contributed by atoms with Crippen molar-refractivity contribution in [2.75, 3.05) is 57.7 Å². The summed E-state index contributed by atoms with van der Waals surface area (Å²) in [5.74, 6) is 1.17. The maximum Gasteiger partial charge on any atom is 0.354 e. The molecule has 3 atom stereocenters. The number of amides is 3. The van der Waals surface area contributed by atoms with E-state index in [0.717, 1.165) is 26.1 Å². The summed E-state index contributed by atoms with van der Waals surface area (Å²) in [6, 6.07) is 9.44. The Balaban J connectivity index is 1.12. The zero-order valence-electron chi connectivity index (χ0n) is 21.6. The van der Waals surface area contributed by atoms with Gasteiger partial charge in [0.25, 0.3) is 0 Å². The van der Waals surface area contributed by atoms with Crippen LogP contribution in [-0.4, -0.2) is 105 Å². The van der Waals surface area contributed by atoms with Gasteiger partial charge in [0.15, 0.2) is 0 Å². The summed E-state index contributed by atoms with van der Waals surface area (Å²) in [7, 11) is 0. The smallest absolute Gasteiger partial charge is 0.354 e. The van der Waals surface area contributed by atoms with Crippen LogP contribution in [0.15, 0.2) is 41.3 Å². The lowest BCUT2D eigenvalue weighted by molar-refractivity contribution is -0.139. The minimum absolute atomic E-state index is 0.157. The predicted octanol–water partition coefficient (Wildman–Crippen LogP) is -0.950. The Hall–Kier alpha value is -3.32. The van der Waals surface area contributed by atoms with E-state index in [4.69, 9.17) is 11.5 Å². The normalized spacial score (nSPS) is 24.6. The van der Waals surface area contributed by atoms with Gasteiger partial charge in [-0.25, -0.2) is 9.59 Å². The fourth-order valence-electron chi connectivity index (χ4n) is 5.35. The van der Waals surface area contributed by atoms with Crippen molar-refractivity contribution < 1.29 is 14.7 Å². The summed E-state index contributed by atoms with van der Waals surface area (Å²) in [5.41, 5.74) is 11.9. The lowest BCUT2D eigenvalue weighted by atomic mass is 10.0. The minimum Gasteiger partial charge on any atom is -0.394 e. The van der Waals surface area contributed by atoms with Crippen LogP contribution in [0, 0.1) is 11.8 Å². The number of nitrogens with two attached hydrogens (primary N) is 2. The molecule has 204 valence electrons. The number of hydrogen-bond donors (Lipinski definition) is 4. The Labute approximate surface area is 221 Å². The van der Waals surface area contributed by atoms with Gasteiger partial charge in [0.2, 0.25) is 5.91 Å². The van der Waals surface area contributed by atoms with Crippen LogP contribution in [0.3, 0.4) is 0 Å². The molecule has 6 N–H and O–H groups in total. The van der Waals surface area contributed by atoms with Crippen LogP contribution in [-0.2, 0) is 11.2 Å². The van der Waals surface area contributed by atoms with Crippen LogP contribution in [0.4, 0.5) is 10.6 Å². The molecule has 3 aliphatic rings. The third kappa shape index (κ3) is 5.44. The molecule has 1 aromatic heterocycles. The second-order valence-corrected chi connectivity index (χ2v) is 10.8. The fraction of sp³-hybridized carbons (Fsp3) is 0.538. The van der Waals surface area contributed by atoms with Crippen LogP contribution in [0.25, 0.3) is 5.69 Å². The van der Waals surface area contributed by atoms with Gasteiger partial charge in [0.05, 0.1) is 12.3 Å². The van der Waals surface area contributed by atoms with Gasteiger partial charge >= 0.3 is 11.7 Å². The number of nitrogens with zero attached hydrogens (tertiary/aromatic N) is 5. The molecule has 3 fully saturated rings. The number of piperidine rings is 1. The molecule has 1 aliphatic carbocycles. The molecule has 2 aliphatic heterocycles. The van der Waals surface area contributed by atoms with Gasteiger partial charge in [0, 0.05) is 58.1 Å². The van der Waals surface area contributed by atoms with Crippen molar-refractivity contribution in [3.63, 3.8) is 0 Å². The molecule has 1 saturated carbocycles. The van der Waals surface area contributed by atoms with E-state index >= 15 is 0 Å². The first-order chi connectivity index (χ1) is 18.2. The summed E-state index contributed by atoms with van der Waals surface area (Å²) in [6.45, 7) is 5.44. The fourth-order valence-corrected chi connectivity index (χ4v) is 5.35. The molecule has 12 heteroatoms. The van der Waals surface area contributed by atoms with Crippen molar-refractivity contribution in [1.82, 2.24) is 24.3 Å². The van der Waals surface area contributed by atoms with Gasteiger partial charge in [-0.3, -0.25) is 14.7 Å². The molecule has 2 saturated heterocycles. The molecule has 0 radical (unpaired) electrons. The lowest BCUT2D eigenvalue weighted by Gasteiger charge is -2.37. The van der Waals surface area contributed by atoms with Crippen LogP contribution in [0.1, 0.15) is 12.5 Å². The van der Waals surface area contributed by atoms with E-state index in [9.17, 15) is 19.5 Å². The van der Waals surface area contributed by atoms with Crippen molar-refractivity contribution in [3.8, 4) is 5.69 Å². The highest BCUT2D eigenvalue weighted by atomic mass is 16.3. The first kappa shape index (κ1) is 26.3. The number of carbonyl (C=O) groups is 2. The molecule has 0 spiro atoms. The number of nitrogens with one attached hydrogen (secondary N) is 1. The largest absolute Gasteiger partial charge is 0.394 e. The standard InChI is InChI=1S/C26H36N8O4/c1-26(28,16-35)23(36)32-10-12-33(13-11-32)24(37)29-21-7-9-34(25(38)30-21)18-4-2-17(3-5-18)6-8-31-14-19-20(15-31)22(19)27/h2-5,7,9,19-20,22,35H,6,8,10-16,27-28H2,1H3,(H,29,30,37,38)/t19?,20?,22?,26-/m0/s1. The van der Waals surface area contributed by atoms with Gasteiger partial charge in [-0.05, 0) is 48.9 Å². The highest BCUT2D eigenvalue weighted by molar-refractivity contribution is 5.89. The van der Waals surface area contributed by atoms with Gasteiger partial charge < -0.3 is 31.3 Å². The third-order valence-electron chi connectivity index (χ3n) is 7.98. The number of fused-ring (bicyclic) bond motifs is 1. The van der Waals surface area contributed by atoms with E-state index in [-0.39, 0.29) is 11.7 Å². The first-order valence-electron chi connectivity index (χ1n) is 13.1. The van der Waals surface area contributed by atoms with Crippen molar-refractivity contribution in [1.29, 1.82) is 0 Å². The van der Waals surface area contributed by atoms with E-state index < -0.39 is 23.9 Å². The molecular formula is C26H36N8O4. The highest BCUT2D eigenvalue weighted by Gasteiger charge is 2.53. The molecule has 3 heterocycles. The Morgan fingerprint density at radius 1 is 1.08 bits per heavy atom. The quantitative estimate of drug-likeness (QED) is 0.360. The summed E-state index contributed by atoms with van der Waals surface area (Å²) in [4.78, 5) is 47.3. The van der Waals surface area contributed by atoms with E-state index in [1.165, 1.54) is 22.0 Å². The lowest BCUT2D eigenvalue weighted by Crippen LogP contribution is -2.60. The maximum absolute atomic E-state index is 12.7. The van der Waals surface area contributed by atoms with E-state index in [0.29, 0.717) is 49.7 Å². The molecule has 1 aromatic carbocycles. The summed E-state index contributed by atoms with van der Waals surface area (Å²) in [6.07, 6.45) is 2.54. The number of anilines is 1. The molecular weight excluding hydrogens is 488 g/mol. The number of aliphatic hydroxyl groups excluding tert-OH is 1. The zero-order valence-corrected chi connectivity index (χ0v) is 21.6. The van der Waals surface area contributed by atoms with Crippen molar-refractivity contribution in [2.24, 2.45) is 23.3 Å². The second kappa shape index (κ2) is 10.4. The number of piperazine rings is 1. The third-order valence-corrected chi connectivity index (χ3v) is 7.98. The average Bonchev–Trinajstić information content (AvgIpc) is 3.31. The van der Waals surface area contributed by atoms with Crippen molar-refractivity contribution in [2.45, 2.75) is 24.9 Å². The summed E-state index contributed by atoms with van der Waals surface area (Å²) < 4.78 is 1.43. The first-order valence-corrected chi connectivity index (χ1v) is 13.1. The Bertz CT molecular complexity index is 1230. The van der Waals surface area contributed by atoms with Gasteiger partial charge in [0.1, 0.15) is 11.4 Å². The SMILES string of the molecule is C[C@](N)(CO)C(=O)N1CCN(C(=O)Nc2ccn(-c3ccc(CCN4CC5C(N)C5C4)cc3)c(=O)n2)CC1. The molecule has 38 heavy (non-hydrogen) atoms. The summed E-state index contributed by atoms with van der Waals surface area (Å²) >= 11 is 0. The number of aliphatic hydroxyl groups is 1. The average molecular weight is 525 g/mol. The van der Waals surface area contributed by atoms with Crippen molar-refractivity contribution >= 4 is 17.8 Å². The van der Waals surface area contributed by atoms with Gasteiger partial charge in [-0.1, -0.05) is 12.1 Å². The number of benzene rings is 1. The number of hydrogen-bond acceptors (Lipinski definition) is 8. The Morgan fingerprint density at radius 2 is 1.71 bits per heavy atom. The molecule has 12 nitrogen and oxygen atoms in total. The Kier molecular flexibility index (Phi) is 7.23. The van der Waals surface area contributed by atoms with E-state index in [1.54, 1.807) is 17.2 Å². The maximum atomic E-state index is 12.7. The monoisotopic (exact) mass is 524 g/mol. The number of rotatable bonds is 7. The molecule has 2 unspecified atom stereocenters. The highest BCUT2D eigenvalue weighted by Crippen LogP contribution is 2.43.